The van der Waals surface area contributed by atoms with Gasteiger partial charge in [-0.1, -0.05) is 53.5 Å². The van der Waals surface area contributed by atoms with Gasteiger partial charge in [-0.25, -0.2) is 4.79 Å². The number of halogens is 6. The number of carbonyl (C=O) groups is 2. The molecule has 4 nitrogen and oxygen atoms in total. The monoisotopic (exact) mass is 432 g/mol. The molecule has 0 heterocycles. The first-order valence-corrected chi connectivity index (χ1v) is 8.21. The van der Waals surface area contributed by atoms with E-state index in [1.807, 2.05) is 0 Å². The summed E-state index contributed by atoms with van der Waals surface area (Å²) >= 11 is 16.3. The van der Waals surface area contributed by atoms with E-state index in [4.69, 9.17) is 39.5 Å². The zero-order valence-electron chi connectivity index (χ0n) is 13.4. The molecule has 0 spiro atoms. The quantitative estimate of drug-likeness (QED) is 0.353. The standard InChI is InChI=1S/C16H14Cl3F3O4/c1-9(14(24)25-8-15(17,18)19)7-13(23)26-10(2)11-3-5-12(6-4-11)16(20,21)22/h3-6,10H,1,7-8H2,2H3/t10-/m1/s1. The number of benzene rings is 1. The van der Waals surface area contributed by atoms with Crippen molar-refractivity contribution in [2.24, 2.45) is 0 Å². The van der Waals surface area contributed by atoms with E-state index in [-0.39, 0.29) is 5.57 Å². The van der Waals surface area contributed by atoms with E-state index in [0.29, 0.717) is 5.56 Å². The zero-order chi connectivity index (χ0) is 20.1. The Bertz CT molecular complexity index is 667. The molecule has 0 aliphatic rings. The van der Waals surface area contributed by atoms with E-state index in [1.54, 1.807) is 0 Å². The Morgan fingerprint density at radius 1 is 1.15 bits per heavy atom. The second-order valence-electron chi connectivity index (χ2n) is 5.22. The predicted octanol–water partition coefficient (Wildman–Crippen LogP) is 5.17. The van der Waals surface area contributed by atoms with Gasteiger partial charge in [0, 0.05) is 5.57 Å². The molecule has 10 heteroatoms. The molecule has 1 rings (SSSR count). The van der Waals surface area contributed by atoms with Gasteiger partial charge >= 0.3 is 18.1 Å². The van der Waals surface area contributed by atoms with Crippen molar-refractivity contribution in [3.8, 4) is 0 Å². The van der Waals surface area contributed by atoms with Gasteiger partial charge in [-0.05, 0) is 24.6 Å². The van der Waals surface area contributed by atoms with Gasteiger partial charge in [-0.3, -0.25) is 4.79 Å². The summed E-state index contributed by atoms with van der Waals surface area (Å²) < 4.78 is 45.5. The lowest BCUT2D eigenvalue weighted by Gasteiger charge is -2.15. The molecule has 0 radical (unpaired) electrons. The molecule has 1 aromatic rings. The predicted molar refractivity (Wildman–Crippen MR) is 91.0 cm³/mol. The third kappa shape index (κ3) is 7.85. The number of alkyl halides is 6. The first-order chi connectivity index (χ1) is 11.8. The smallest absolute Gasteiger partial charge is 0.416 e. The normalized spacial score (nSPS) is 13.0. The summed E-state index contributed by atoms with van der Waals surface area (Å²) in [6, 6.07) is 4.16. The van der Waals surface area contributed by atoms with Crippen molar-refractivity contribution in [1.29, 1.82) is 0 Å². The molecular weight excluding hydrogens is 420 g/mol. The van der Waals surface area contributed by atoms with Gasteiger partial charge in [0.1, 0.15) is 12.7 Å². The highest BCUT2D eigenvalue weighted by Gasteiger charge is 2.30. The van der Waals surface area contributed by atoms with Gasteiger partial charge in [-0.15, -0.1) is 0 Å². The summed E-state index contributed by atoms with van der Waals surface area (Å²) in [4.78, 5) is 23.4. The summed E-state index contributed by atoms with van der Waals surface area (Å²) in [5.41, 5.74) is -0.676. The summed E-state index contributed by atoms with van der Waals surface area (Å²) in [5, 5.41) is 0. The van der Waals surface area contributed by atoms with Crippen LogP contribution in [0.25, 0.3) is 0 Å². The van der Waals surface area contributed by atoms with E-state index >= 15 is 0 Å². The summed E-state index contributed by atoms with van der Waals surface area (Å²) in [7, 11) is 0. The number of carbonyl (C=O) groups excluding carboxylic acids is 2. The minimum absolute atomic E-state index is 0.219. The summed E-state index contributed by atoms with van der Waals surface area (Å²) in [6.07, 6.45) is -5.76. The maximum Gasteiger partial charge on any atom is 0.416 e. The van der Waals surface area contributed by atoms with Crippen molar-refractivity contribution in [3.63, 3.8) is 0 Å². The lowest BCUT2D eigenvalue weighted by molar-refractivity contribution is -0.150. The first-order valence-electron chi connectivity index (χ1n) is 7.08. The van der Waals surface area contributed by atoms with Crippen LogP contribution in [0, 0.1) is 0 Å². The zero-order valence-corrected chi connectivity index (χ0v) is 15.7. The van der Waals surface area contributed by atoms with E-state index in [9.17, 15) is 22.8 Å². The highest BCUT2D eigenvalue weighted by molar-refractivity contribution is 6.67. The van der Waals surface area contributed by atoms with E-state index in [2.05, 4.69) is 11.3 Å². The van der Waals surface area contributed by atoms with Crippen LogP contribution in [0.4, 0.5) is 13.2 Å². The molecular formula is C16H14Cl3F3O4. The third-order valence-corrected chi connectivity index (χ3v) is 3.36. The number of ether oxygens (including phenoxy) is 2. The van der Waals surface area contributed by atoms with Crippen LogP contribution in [0.15, 0.2) is 36.4 Å². The summed E-state index contributed by atoms with van der Waals surface area (Å²) in [6.45, 7) is 4.34. The Hall–Kier alpha value is -1.44. The van der Waals surface area contributed by atoms with E-state index in [0.717, 1.165) is 12.1 Å². The molecule has 0 amide bonds. The van der Waals surface area contributed by atoms with E-state index in [1.165, 1.54) is 19.1 Å². The Balaban J connectivity index is 2.56. The van der Waals surface area contributed by atoms with Crippen LogP contribution < -0.4 is 0 Å². The SMILES string of the molecule is C=C(CC(=O)O[C@H](C)c1ccc(C(F)(F)F)cc1)C(=O)OCC(Cl)(Cl)Cl. The van der Waals surface area contributed by atoms with Crippen LogP contribution in [-0.2, 0) is 25.2 Å². The molecule has 1 aromatic carbocycles. The van der Waals surface area contributed by atoms with Gasteiger partial charge in [0.25, 0.3) is 0 Å². The second-order valence-corrected chi connectivity index (χ2v) is 7.74. The van der Waals surface area contributed by atoms with Crippen LogP contribution in [0.2, 0.25) is 0 Å². The van der Waals surface area contributed by atoms with Crippen LogP contribution in [0.1, 0.15) is 30.6 Å². The van der Waals surface area contributed by atoms with Gasteiger partial charge < -0.3 is 9.47 Å². The van der Waals surface area contributed by atoms with Crippen molar-refractivity contribution >= 4 is 46.7 Å². The number of esters is 2. The molecule has 0 aliphatic heterocycles. The highest BCUT2D eigenvalue weighted by atomic mass is 35.6. The lowest BCUT2D eigenvalue weighted by atomic mass is 10.1. The molecule has 1 atom stereocenters. The Morgan fingerprint density at radius 3 is 2.15 bits per heavy atom. The fraction of sp³-hybridized carbons (Fsp3) is 0.375. The maximum absolute atomic E-state index is 12.5. The van der Waals surface area contributed by atoms with Gasteiger partial charge in [-0.2, -0.15) is 13.2 Å². The molecule has 0 bridgehead atoms. The number of rotatable bonds is 6. The fourth-order valence-electron chi connectivity index (χ4n) is 1.75. The molecule has 0 N–H and O–H groups in total. The topological polar surface area (TPSA) is 52.6 Å². The Labute approximate surface area is 162 Å². The molecule has 0 fully saturated rings. The van der Waals surface area contributed by atoms with Crippen LogP contribution in [-0.4, -0.2) is 22.3 Å². The maximum atomic E-state index is 12.5. The molecule has 0 saturated carbocycles. The number of hydrogen-bond acceptors (Lipinski definition) is 4. The van der Waals surface area contributed by atoms with Crippen molar-refractivity contribution in [2.75, 3.05) is 6.61 Å². The highest BCUT2D eigenvalue weighted by Crippen LogP contribution is 2.30. The van der Waals surface area contributed by atoms with Crippen LogP contribution in [0.3, 0.4) is 0 Å². The average molecular weight is 434 g/mol. The minimum atomic E-state index is -4.46. The largest absolute Gasteiger partial charge is 0.458 e. The second kappa shape index (κ2) is 8.97. The average Bonchev–Trinajstić information content (AvgIpc) is 2.50. The van der Waals surface area contributed by atoms with Crippen molar-refractivity contribution < 1.29 is 32.2 Å². The first kappa shape index (κ1) is 22.6. The van der Waals surface area contributed by atoms with E-state index < -0.39 is 46.6 Å². The molecule has 0 aliphatic carbocycles. The van der Waals surface area contributed by atoms with Crippen molar-refractivity contribution in [2.45, 2.75) is 29.4 Å². The molecule has 0 aromatic heterocycles. The molecule has 144 valence electrons. The van der Waals surface area contributed by atoms with Crippen molar-refractivity contribution in [1.82, 2.24) is 0 Å². The molecule has 0 unspecified atom stereocenters. The fourth-order valence-corrected chi connectivity index (χ4v) is 1.91. The Kier molecular flexibility index (Phi) is 7.80. The third-order valence-electron chi connectivity index (χ3n) is 3.03. The van der Waals surface area contributed by atoms with Crippen LogP contribution in [0.5, 0.6) is 0 Å². The number of hydrogen-bond donors (Lipinski definition) is 0. The Morgan fingerprint density at radius 2 is 1.69 bits per heavy atom. The molecule has 26 heavy (non-hydrogen) atoms. The molecule has 0 saturated heterocycles. The minimum Gasteiger partial charge on any atom is -0.458 e. The van der Waals surface area contributed by atoms with Gasteiger partial charge in [0.05, 0.1) is 12.0 Å². The summed E-state index contributed by atoms with van der Waals surface area (Å²) in [5.74, 6) is -1.75. The van der Waals surface area contributed by atoms with Crippen molar-refractivity contribution in [3.05, 3.63) is 47.5 Å². The van der Waals surface area contributed by atoms with Gasteiger partial charge in [0.2, 0.25) is 3.79 Å². The lowest BCUT2D eigenvalue weighted by Crippen LogP contribution is -2.20. The van der Waals surface area contributed by atoms with Crippen LogP contribution >= 0.6 is 34.8 Å². The van der Waals surface area contributed by atoms with Gasteiger partial charge in [0.15, 0.2) is 0 Å².